The van der Waals surface area contributed by atoms with Crippen LogP contribution in [0.3, 0.4) is 0 Å². The van der Waals surface area contributed by atoms with Gasteiger partial charge >= 0.3 is 0 Å². The zero-order valence-corrected chi connectivity index (χ0v) is 39.5. The van der Waals surface area contributed by atoms with Gasteiger partial charge in [-0.1, -0.05) is 263 Å². The molecule has 7 heteroatoms. The summed E-state index contributed by atoms with van der Waals surface area (Å²) in [6, 6.07) is -1.07. The Hall–Kier alpha value is -1.18. The summed E-state index contributed by atoms with van der Waals surface area (Å²) in [7, 11) is -4.36. The molecule has 6 nitrogen and oxygen atoms in total. The van der Waals surface area contributed by atoms with E-state index in [0.29, 0.717) is 6.42 Å². The fraction of sp³-hybridized carbons (Fsp3) is 0.902. The van der Waals surface area contributed by atoms with Gasteiger partial charge in [-0.15, -0.1) is 0 Å². The second kappa shape index (κ2) is 45.3. The van der Waals surface area contributed by atoms with Crippen molar-refractivity contribution in [2.45, 2.75) is 289 Å². The molecular weight excluding hydrogens is 739 g/mol. The standard InChI is InChI=1S/C51H99NO5S/c1-3-5-7-9-11-13-15-17-19-21-23-25-26-27-29-31-33-35-37-39-41-43-45-47-51(54)52-49(48-58(55,56)57)50(53)46-44-42-40-38-36-34-32-30-28-24-22-20-18-16-14-12-10-8-6-4-2/h36,38,44,46,49-50,53H,3-35,37,39-43,45,47-48H2,1-2H3,(H,52,54)(H,55,56,57)/b38-36+,46-44+. The van der Waals surface area contributed by atoms with Crippen LogP contribution in [0, 0.1) is 0 Å². The van der Waals surface area contributed by atoms with Gasteiger partial charge < -0.3 is 10.4 Å². The van der Waals surface area contributed by atoms with Crippen LogP contribution >= 0.6 is 0 Å². The van der Waals surface area contributed by atoms with Gasteiger partial charge in [-0.3, -0.25) is 9.35 Å². The van der Waals surface area contributed by atoms with E-state index in [1.54, 1.807) is 0 Å². The number of nitrogens with one attached hydrogen (secondary N) is 1. The monoisotopic (exact) mass is 838 g/mol. The van der Waals surface area contributed by atoms with E-state index in [9.17, 15) is 22.9 Å². The SMILES string of the molecule is CCCCCCCCCCCCCCCC/C=C/CC/C=C/C(O)C(CS(=O)(=O)O)NC(=O)CCCCCCCCCCCCCCCCCCCCCCCCC. The summed E-state index contributed by atoms with van der Waals surface area (Å²) in [6.45, 7) is 4.56. The molecule has 0 heterocycles. The van der Waals surface area contributed by atoms with Gasteiger partial charge in [0.25, 0.3) is 10.1 Å². The van der Waals surface area contributed by atoms with Gasteiger partial charge in [-0.05, 0) is 32.1 Å². The lowest BCUT2D eigenvalue weighted by atomic mass is 10.0. The summed E-state index contributed by atoms with van der Waals surface area (Å²) in [4.78, 5) is 12.6. The second-order valence-corrected chi connectivity index (χ2v) is 19.3. The Kier molecular flexibility index (Phi) is 44.4. The Morgan fingerprint density at radius 3 is 1.09 bits per heavy atom. The summed E-state index contributed by atoms with van der Waals surface area (Å²) in [6.07, 6.45) is 59.1. The minimum absolute atomic E-state index is 0.281. The number of allylic oxidation sites excluding steroid dienone is 3. The summed E-state index contributed by atoms with van der Waals surface area (Å²) in [5.41, 5.74) is 0. The quantitative estimate of drug-likeness (QED) is 0.0322. The van der Waals surface area contributed by atoms with Crippen LogP contribution in [0.15, 0.2) is 24.3 Å². The summed E-state index contributed by atoms with van der Waals surface area (Å²) in [5, 5.41) is 13.3. The van der Waals surface area contributed by atoms with E-state index >= 15 is 0 Å². The van der Waals surface area contributed by atoms with Crippen molar-refractivity contribution in [1.82, 2.24) is 5.32 Å². The van der Waals surface area contributed by atoms with E-state index < -0.39 is 28.0 Å². The first-order chi connectivity index (χ1) is 28.3. The number of amides is 1. The largest absolute Gasteiger partial charge is 0.387 e. The Balaban J connectivity index is 3.79. The predicted molar refractivity (Wildman–Crippen MR) is 253 cm³/mol. The molecular formula is C51H99NO5S. The molecule has 0 aromatic rings. The van der Waals surface area contributed by atoms with Gasteiger partial charge in [-0.25, -0.2) is 0 Å². The van der Waals surface area contributed by atoms with Crippen LogP contribution in [-0.2, 0) is 14.9 Å². The minimum Gasteiger partial charge on any atom is -0.387 e. The predicted octanol–water partition coefficient (Wildman–Crippen LogP) is 15.9. The van der Waals surface area contributed by atoms with E-state index in [4.69, 9.17) is 0 Å². The maximum atomic E-state index is 12.6. The van der Waals surface area contributed by atoms with E-state index in [1.165, 1.54) is 224 Å². The molecule has 0 saturated heterocycles. The van der Waals surface area contributed by atoms with Crippen molar-refractivity contribution in [2.75, 3.05) is 5.75 Å². The fourth-order valence-electron chi connectivity index (χ4n) is 8.06. The molecule has 0 aromatic carbocycles. The van der Waals surface area contributed by atoms with Gasteiger partial charge in [0.15, 0.2) is 0 Å². The number of carbonyl (C=O) groups excluding carboxylic acids is 1. The van der Waals surface area contributed by atoms with Crippen molar-refractivity contribution in [2.24, 2.45) is 0 Å². The molecule has 2 unspecified atom stereocenters. The van der Waals surface area contributed by atoms with E-state index in [1.807, 2.05) is 6.08 Å². The average molecular weight is 838 g/mol. The number of aliphatic hydroxyl groups is 1. The summed E-state index contributed by atoms with van der Waals surface area (Å²) >= 11 is 0. The molecule has 344 valence electrons. The Morgan fingerprint density at radius 2 is 0.741 bits per heavy atom. The first-order valence-electron chi connectivity index (χ1n) is 25.5. The van der Waals surface area contributed by atoms with Gasteiger partial charge in [0.2, 0.25) is 5.91 Å². The number of unbranched alkanes of at least 4 members (excludes halogenated alkanes) is 37. The minimum atomic E-state index is -4.36. The summed E-state index contributed by atoms with van der Waals surface area (Å²) < 4.78 is 32.7. The lowest BCUT2D eigenvalue weighted by molar-refractivity contribution is -0.122. The van der Waals surface area contributed by atoms with Crippen LogP contribution in [0.1, 0.15) is 277 Å². The highest BCUT2D eigenvalue weighted by atomic mass is 32.2. The van der Waals surface area contributed by atoms with Crippen molar-refractivity contribution >= 4 is 16.0 Å². The highest BCUT2D eigenvalue weighted by Crippen LogP contribution is 2.17. The highest BCUT2D eigenvalue weighted by molar-refractivity contribution is 7.85. The molecule has 3 N–H and O–H groups in total. The zero-order chi connectivity index (χ0) is 42.5. The average Bonchev–Trinajstić information content (AvgIpc) is 3.19. The van der Waals surface area contributed by atoms with Crippen LogP contribution in [0.4, 0.5) is 0 Å². The number of hydrogen-bond acceptors (Lipinski definition) is 4. The second-order valence-electron chi connectivity index (χ2n) is 17.8. The van der Waals surface area contributed by atoms with Crippen LogP contribution in [-0.4, -0.2) is 41.9 Å². The molecule has 0 bridgehead atoms. The molecule has 0 aliphatic heterocycles. The molecule has 0 spiro atoms. The molecule has 58 heavy (non-hydrogen) atoms. The van der Waals surface area contributed by atoms with Gasteiger partial charge in [0.1, 0.15) is 0 Å². The van der Waals surface area contributed by atoms with Gasteiger partial charge in [0.05, 0.1) is 17.9 Å². The van der Waals surface area contributed by atoms with Crippen molar-refractivity contribution in [1.29, 1.82) is 0 Å². The molecule has 0 saturated carbocycles. The number of rotatable bonds is 47. The Morgan fingerprint density at radius 1 is 0.448 bits per heavy atom. The molecule has 1 amide bonds. The van der Waals surface area contributed by atoms with Crippen LogP contribution < -0.4 is 5.32 Å². The topological polar surface area (TPSA) is 104 Å². The van der Waals surface area contributed by atoms with Crippen molar-refractivity contribution in [3.63, 3.8) is 0 Å². The van der Waals surface area contributed by atoms with Gasteiger partial charge in [0, 0.05) is 6.42 Å². The molecule has 0 aliphatic carbocycles. The third-order valence-corrected chi connectivity index (χ3v) is 12.7. The van der Waals surface area contributed by atoms with E-state index in [0.717, 1.165) is 38.5 Å². The van der Waals surface area contributed by atoms with Gasteiger partial charge in [-0.2, -0.15) is 8.42 Å². The Bertz CT molecular complexity index is 1010. The third kappa shape index (κ3) is 45.9. The van der Waals surface area contributed by atoms with Crippen molar-refractivity contribution < 1.29 is 22.9 Å². The zero-order valence-electron chi connectivity index (χ0n) is 38.7. The smallest absolute Gasteiger partial charge is 0.267 e. The van der Waals surface area contributed by atoms with Crippen molar-refractivity contribution in [3.8, 4) is 0 Å². The molecule has 0 radical (unpaired) electrons. The fourth-order valence-corrected chi connectivity index (χ4v) is 8.79. The maximum Gasteiger partial charge on any atom is 0.267 e. The molecule has 2 atom stereocenters. The van der Waals surface area contributed by atoms with Crippen molar-refractivity contribution in [3.05, 3.63) is 24.3 Å². The molecule has 0 aliphatic rings. The lowest BCUT2D eigenvalue weighted by Gasteiger charge is -2.21. The third-order valence-electron chi connectivity index (χ3n) is 11.9. The maximum absolute atomic E-state index is 12.6. The Labute approximate surface area is 362 Å². The number of hydrogen-bond donors (Lipinski definition) is 3. The highest BCUT2D eigenvalue weighted by Gasteiger charge is 2.24. The van der Waals surface area contributed by atoms with E-state index in [2.05, 4.69) is 31.3 Å². The molecule has 0 fully saturated rings. The number of aliphatic hydroxyl groups excluding tert-OH is 1. The normalized spacial score (nSPS) is 13.2. The summed E-state index contributed by atoms with van der Waals surface area (Å²) in [5.74, 6) is -0.987. The van der Waals surface area contributed by atoms with Crippen LogP contribution in [0.2, 0.25) is 0 Å². The lowest BCUT2D eigenvalue weighted by Crippen LogP contribution is -2.46. The van der Waals surface area contributed by atoms with Crippen LogP contribution in [0.5, 0.6) is 0 Å². The number of carbonyl (C=O) groups is 1. The molecule has 0 aromatic heterocycles. The van der Waals surface area contributed by atoms with Crippen LogP contribution in [0.25, 0.3) is 0 Å². The van der Waals surface area contributed by atoms with E-state index in [-0.39, 0.29) is 5.91 Å². The molecule has 0 rings (SSSR count). The first kappa shape index (κ1) is 56.8. The first-order valence-corrected chi connectivity index (χ1v) is 27.1.